The number of carbonyl (C=O) groups excluding carboxylic acids is 1. The molecule has 7 heteroatoms. The molecule has 28 heavy (non-hydrogen) atoms. The fourth-order valence-electron chi connectivity index (χ4n) is 3.99. The average Bonchev–Trinajstić information content (AvgIpc) is 3.29. The van der Waals surface area contributed by atoms with Gasteiger partial charge in [-0.05, 0) is 43.2 Å². The lowest BCUT2D eigenvalue weighted by atomic mass is 9.97. The maximum absolute atomic E-state index is 13.2. The van der Waals surface area contributed by atoms with Crippen LogP contribution in [-0.2, 0) is 0 Å². The predicted octanol–water partition coefficient (Wildman–Crippen LogP) is 5.37. The van der Waals surface area contributed by atoms with E-state index in [0.717, 1.165) is 40.6 Å². The largest absolute Gasteiger partial charge is 0.349 e. The monoisotopic (exact) mass is 412 g/mol. The first-order valence-electron chi connectivity index (χ1n) is 9.31. The van der Waals surface area contributed by atoms with Gasteiger partial charge in [0.25, 0.3) is 5.91 Å². The molecule has 1 saturated heterocycles. The Bertz CT molecular complexity index is 1160. The third-order valence-electron chi connectivity index (χ3n) is 5.41. The molecule has 1 unspecified atom stereocenters. The van der Waals surface area contributed by atoms with Crippen molar-refractivity contribution in [3.05, 3.63) is 64.0 Å². The molecule has 2 aromatic carbocycles. The number of hydrogen-bond donors (Lipinski definition) is 2. The van der Waals surface area contributed by atoms with Crippen LogP contribution in [0.1, 0.15) is 35.1 Å². The Balaban J connectivity index is 1.43. The van der Waals surface area contributed by atoms with E-state index in [1.165, 1.54) is 0 Å². The molecule has 5 nitrogen and oxygen atoms in total. The minimum absolute atomic E-state index is 0.0851. The first-order chi connectivity index (χ1) is 13.6. The normalized spacial score (nSPS) is 17.5. The molecule has 0 aliphatic carbocycles. The highest BCUT2D eigenvalue weighted by molar-refractivity contribution is 6.39. The van der Waals surface area contributed by atoms with Gasteiger partial charge in [0, 0.05) is 34.9 Å². The average molecular weight is 413 g/mol. The Hall–Kier alpha value is -2.50. The van der Waals surface area contributed by atoms with E-state index in [0.29, 0.717) is 28.8 Å². The van der Waals surface area contributed by atoms with Crippen LogP contribution in [0.25, 0.3) is 21.9 Å². The van der Waals surface area contributed by atoms with Gasteiger partial charge in [-0.2, -0.15) is 0 Å². The van der Waals surface area contributed by atoms with Crippen LogP contribution in [-0.4, -0.2) is 38.8 Å². The van der Waals surface area contributed by atoms with Gasteiger partial charge in [0.2, 0.25) is 0 Å². The highest BCUT2D eigenvalue weighted by atomic mass is 35.5. The van der Waals surface area contributed by atoms with Crippen molar-refractivity contribution >= 4 is 51.0 Å². The molecule has 2 N–H and O–H groups in total. The second-order valence-corrected chi connectivity index (χ2v) is 8.05. The third kappa shape index (κ3) is 2.95. The number of imidazole rings is 1. The fraction of sp³-hybridized carbons (Fsp3) is 0.238. The van der Waals surface area contributed by atoms with Gasteiger partial charge in [-0.15, -0.1) is 0 Å². The molecule has 3 heterocycles. The Morgan fingerprint density at radius 1 is 1.11 bits per heavy atom. The molecule has 0 spiro atoms. The maximum atomic E-state index is 13.2. The van der Waals surface area contributed by atoms with Crippen molar-refractivity contribution in [3.8, 4) is 0 Å². The number of para-hydroxylation sites is 2. The summed E-state index contributed by atoms with van der Waals surface area (Å²) in [5.74, 6) is 1.04. The molecule has 1 amide bonds. The summed E-state index contributed by atoms with van der Waals surface area (Å²) < 4.78 is 0. The van der Waals surface area contributed by atoms with Crippen molar-refractivity contribution in [2.75, 3.05) is 13.1 Å². The Labute approximate surface area is 171 Å². The molecular weight excluding hydrogens is 395 g/mol. The van der Waals surface area contributed by atoms with Gasteiger partial charge in [-0.25, -0.2) is 4.98 Å². The summed E-state index contributed by atoms with van der Waals surface area (Å²) in [4.78, 5) is 26.3. The third-order valence-corrected chi connectivity index (χ3v) is 6.04. The van der Waals surface area contributed by atoms with Gasteiger partial charge in [0.1, 0.15) is 11.5 Å². The molecule has 1 fully saturated rings. The quantitative estimate of drug-likeness (QED) is 0.464. The first kappa shape index (κ1) is 17.6. The molecule has 142 valence electrons. The topological polar surface area (TPSA) is 64.8 Å². The number of fused-ring (bicyclic) bond motifs is 2. The number of hydrogen-bond acceptors (Lipinski definition) is 2. The molecule has 0 radical (unpaired) electrons. The van der Waals surface area contributed by atoms with Gasteiger partial charge in [0.05, 0.1) is 16.1 Å². The smallest absolute Gasteiger partial charge is 0.271 e. The van der Waals surface area contributed by atoms with Crippen LogP contribution in [0.2, 0.25) is 10.0 Å². The maximum Gasteiger partial charge on any atom is 0.271 e. The van der Waals surface area contributed by atoms with Crippen molar-refractivity contribution in [1.82, 2.24) is 19.9 Å². The minimum atomic E-state index is -0.0851. The van der Waals surface area contributed by atoms with E-state index in [9.17, 15) is 4.79 Å². The van der Waals surface area contributed by atoms with Crippen molar-refractivity contribution in [1.29, 1.82) is 0 Å². The summed E-state index contributed by atoms with van der Waals surface area (Å²) in [6.07, 6.45) is 1.93. The molecule has 0 saturated carbocycles. The number of H-pyrrole nitrogens is 2. The van der Waals surface area contributed by atoms with Crippen molar-refractivity contribution < 1.29 is 4.79 Å². The van der Waals surface area contributed by atoms with Gasteiger partial charge >= 0.3 is 0 Å². The van der Waals surface area contributed by atoms with E-state index in [1.54, 1.807) is 12.1 Å². The lowest BCUT2D eigenvalue weighted by Gasteiger charge is -2.31. The van der Waals surface area contributed by atoms with E-state index in [4.69, 9.17) is 28.2 Å². The Morgan fingerprint density at radius 3 is 2.82 bits per heavy atom. The molecule has 1 aliphatic rings. The van der Waals surface area contributed by atoms with Crippen LogP contribution < -0.4 is 0 Å². The number of nitrogens with zero attached hydrogens (tertiary/aromatic N) is 2. The van der Waals surface area contributed by atoms with Crippen LogP contribution >= 0.6 is 23.2 Å². The number of piperidine rings is 1. The predicted molar refractivity (Wildman–Crippen MR) is 112 cm³/mol. The zero-order valence-corrected chi connectivity index (χ0v) is 16.5. The lowest BCUT2D eigenvalue weighted by molar-refractivity contribution is 0.0700. The van der Waals surface area contributed by atoms with Crippen LogP contribution in [0.3, 0.4) is 0 Å². The summed E-state index contributed by atoms with van der Waals surface area (Å²) >= 11 is 12.6. The second kappa shape index (κ2) is 6.83. The van der Waals surface area contributed by atoms with Crippen LogP contribution in [0.4, 0.5) is 0 Å². The molecule has 0 bridgehead atoms. The zero-order valence-electron chi connectivity index (χ0n) is 15.0. The fourth-order valence-corrected chi connectivity index (χ4v) is 4.44. The van der Waals surface area contributed by atoms with E-state index >= 15 is 0 Å². The van der Waals surface area contributed by atoms with Crippen molar-refractivity contribution in [3.63, 3.8) is 0 Å². The lowest BCUT2D eigenvalue weighted by Crippen LogP contribution is -2.39. The Morgan fingerprint density at radius 2 is 1.96 bits per heavy atom. The van der Waals surface area contributed by atoms with Gasteiger partial charge in [-0.1, -0.05) is 35.3 Å². The summed E-state index contributed by atoms with van der Waals surface area (Å²) in [7, 11) is 0. The number of nitrogens with one attached hydrogen (secondary N) is 2. The highest BCUT2D eigenvalue weighted by Gasteiger charge is 2.29. The molecular formula is C21H18Cl2N4O. The molecule has 5 rings (SSSR count). The number of amides is 1. The second-order valence-electron chi connectivity index (χ2n) is 7.23. The number of rotatable bonds is 2. The van der Waals surface area contributed by atoms with Gasteiger partial charge in [-0.3, -0.25) is 4.79 Å². The van der Waals surface area contributed by atoms with E-state index in [-0.39, 0.29) is 11.8 Å². The highest BCUT2D eigenvalue weighted by Crippen LogP contribution is 2.32. The summed E-state index contributed by atoms with van der Waals surface area (Å²) in [6.45, 7) is 1.33. The van der Waals surface area contributed by atoms with E-state index in [1.807, 2.05) is 35.2 Å². The number of benzene rings is 2. The number of aromatic nitrogens is 3. The number of carbonyl (C=O) groups is 1. The molecule has 1 aliphatic heterocycles. The van der Waals surface area contributed by atoms with Crippen molar-refractivity contribution in [2.45, 2.75) is 18.8 Å². The van der Waals surface area contributed by atoms with Crippen LogP contribution in [0, 0.1) is 0 Å². The Kier molecular flexibility index (Phi) is 4.29. The van der Waals surface area contributed by atoms with E-state index < -0.39 is 0 Å². The van der Waals surface area contributed by atoms with Crippen molar-refractivity contribution in [2.24, 2.45) is 0 Å². The molecule has 2 aromatic heterocycles. The molecule has 1 atom stereocenters. The summed E-state index contributed by atoms with van der Waals surface area (Å²) in [5.41, 5.74) is 3.21. The minimum Gasteiger partial charge on any atom is -0.349 e. The zero-order chi connectivity index (χ0) is 19.3. The first-order valence-corrected chi connectivity index (χ1v) is 10.1. The number of aromatic amines is 2. The van der Waals surface area contributed by atoms with E-state index in [2.05, 4.69) is 9.97 Å². The van der Waals surface area contributed by atoms with Gasteiger partial charge in [0.15, 0.2) is 0 Å². The standard InChI is InChI=1S/C21H18Cl2N4O/c22-13-7-8-15-14(10-13)18(23)19(24-15)21(28)27-9-3-4-12(11-27)20-25-16-5-1-2-6-17(16)26-20/h1-2,5-8,10,12,24H,3-4,9,11H2,(H,25,26). The van der Waals surface area contributed by atoms with Crippen LogP contribution in [0.15, 0.2) is 42.5 Å². The van der Waals surface area contributed by atoms with Gasteiger partial charge < -0.3 is 14.9 Å². The summed E-state index contributed by atoms with van der Waals surface area (Å²) in [6, 6.07) is 13.4. The van der Waals surface area contributed by atoms with Crippen LogP contribution in [0.5, 0.6) is 0 Å². The number of halogens is 2. The SMILES string of the molecule is O=C(c1[nH]c2ccc(Cl)cc2c1Cl)N1CCCC(c2nc3ccccc3[nH]2)C1. The summed E-state index contributed by atoms with van der Waals surface area (Å²) in [5, 5.41) is 1.78. The number of likely N-dealkylation sites (tertiary alicyclic amines) is 1. The molecule has 4 aromatic rings.